The van der Waals surface area contributed by atoms with Crippen molar-refractivity contribution in [3.8, 4) is 0 Å². The van der Waals surface area contributed by atoms with Crippen molar-refractivity contribution in [3.05, 3.63) is 63.0 Å². The van der Waals surface area contributed by atoms with E-state index in [4.69, 9.17) is 0 Å². The molecule has 0 atom stereocenters. The van der Waals surface area contributed by atoms with Gasteiger partial charge >= 0.3 is 0 Å². The Morgan fingerprint density at radius 2 is 2.08 bits per heavy atom. The maximum atomic E-state index is 12.8. The van der Waals surface area contributed by atoms with Crippen molar-refractivity contribution in [1.82, 2.24) is 14.9 Å². The van der Waals surface area contributed by atoms with Gasteiger partial charge in [0.2, 0.25) is 0 Å². The highest BCUT2D eigenvalue weighted by Crippen LogP contribution is 2.28. The Hall–Kier alpha value is -2.47. The fourth-order valence-electron chi connectivity index (χ4n) is 2.75. The molecule has 1 aliphatic carbocycles. The van der Waals surface area contributed by atoms with E-state index in [9.17, 15) is 9.59 Å². The highest BCUT2D eigenvalue weighted by atomic mass is 32.1. The van der Waals surface area contributed by atoms with E-state index in [1.54, 1.807) is 10.9 Å². The number of carbonyl (C=O) groups is 1. The van der Waals surface area contributed by atoms with Crippen LogP contribution in [0.5, 0.6) is 0 Å². The number of rotatable bonds is 4. The largest absolute Gasteiger partial charge is 0.349 e. The fraction of sp³-hybridized carbons (Fsp3) is 0.278. The predicted molar refractivity (Wildman–Crippen MR) is 94.6 cm³/mol. The first-order chi connectivity index (χ1) is 11.6. The maximum Gasteiger partial charge on any atom is 0.262 e. The van der Waals surface area contributed by atoms with Gasteiger partial charge in [0.15, 0.2) is 0 Å². The summed E-state index contributed by atoms with van der Waals surface area (Å²) in [5.41, 5.74) is 1.68. The number of fused-ring (bicyclic) bond motifs is 1. The number of carbonyl (C=O) groups excluding carboxylic acids is 1. The first kappa shape index (κ1) is 15.1. The second-order valence-electron chi connectivity index (χ2n) is 6.15. The topological polar surface area (TPSA) is 64.0 Å². The van der Waals surface area contributed by atoms with Crippen molar-refractivity contribution in [2.24, 2.45) is 0 Å². The standard InChI is InChI=1S/C18H17N3O2S/c1-11-14-17(24-15(11)16(22)20-13-7-8-13)19-10-21(18(14)23)9-12-5-3-2-4-6-12/h2-6,10,13H,7-9H2,1H3,(H,20,22). The molecule has 0 saturated heterocycles. The summed E-state index contributed by atoms with van der Waals surface area (Å²) in [4.78, 5) is 30.8. The van der Waals surface area contributed by atoms with Gasteiger partial charge in [-0.25, -0.2) is 4.98 Å². The second kappa shape index (κ2) is 5.87. The minimum atomic E-state index is -0.0944. The number of hydrogen-bond acceptors (Lipinski definition) is 4. The van der Waals surface area contributed by atoms with Crippen LogP contribution >= 0.6 is 11.3 Å². The molecule has 1 fully saturated rings. The van der Waals surface area contributed by atoms with Crippen molar-refractivity contribution in [1.29, 1.82) is 0 Å². The van der Waals surface area contributed by atoms with Crippen LogP contribution in [0, 0.1) is 6.92 Å². The molecule has 1 aliphatic rings. The Kier molecular flexibility index (Phi) is 3.69. The van der Waals surface area contributed by atoms with E-state index < -0.39 is 0 Å². The molecule has 2 heterocycles. The number of thiophene rings is 1. The molecule has 1 aromatic carbocycles. The van der Waals surface area contributed by atoms with Gasteiger partial charge in [0, 0.05) is 6.04 Å². The van der Waals surface area contributed by atoms with Crippen molar-refractivity contribution < 1.29 is 4.79 Å². The van der Waals surface area contributed by atoms with Gasteiger partial charge < -0.3 is 5.32 Å². The molecule has 1 amide bonds. The van der Waals surface area contributed by atoms with E-state index in [0.29, 0.717) is 27.7 Å². The van der Waals surface area contributed by atoms with Crippen LogP contribution in [0.4, 0.5) is 0 Å². The van der Waals surface area contributed by atoms with Gasteiger partial charge in [-0.1, -0.05) is 30.3 Å². The van der Waals surface area contributed by atoms with Crippen LogP contribution in [0.1, 0.15) is 33.6 Å². The quantitative estimate of drug-likeness (QED) is 0.795. The molecule has 24 heavy (non-hydrogen) atoms. The summed E-state index contributed by atoms with van der Waals surface area (Å²) in [7, 11) is 0. The van der Waals surface area contributed by atoms with E-state index >= 15 is 0 Å². The zero-order valence-corrected chi connectivity index (χ0v) is 14.1. The molecule has 5 nitrogen and oxygen atoms in total. The smallest absolute Gasteiger partial charge is 0.262 e. The highest BCUT2D eigenvalue weighted by molar-refractivity contribution is 7.20. The van der Waals surface area contributed by atoms with Gasteiger partial charge in [0.1, 0.15) is 4.83 Å². The van der Waals surface area contributed by atoms with Gasteiger partial charge in [-0.15, -0.1) is 11.3 Å². The molecule has 0 spiro atoms. The average molecular weight is 339 g/mol. The van der Waals surface area contributed by atoms with E-state index in [1.165, 1.54) is 11.3 Å². The molecule has 4 rings (SSSR count). The van der Waals surface area contributed by atoms with Crippen LogP contribution in [-0.4, -0.2) is 21.5 Å². The average Bonchev–Trinajstić information content (AvgIpc) is 3.32. The first-order valence-corrected chi connectivity index (χ1v) is 8.78. The molecule has 0 aliphatic heterocycles. The summed E-state index contributed by atoms with van der Waals surface area (Å²) < 4.78 is 1.60. The summed E-state index contributed by atoms with van der Waals surface area (Å²) >= 11 is 1.29. The fourth-order valence-corrected chi connectivity index (χ4v) is 3.79. The van der Waals surface area contributed by atoms with Gasteiger partial charge in [0.25, 0.3) is 11.5 Å². The van der Waals surface area contributed by atoms with Gasteiger partial charge in [0.05, 0.1) is 23.1 Å². The van der Waals surface area contributed by atoms with E-state index in [0.717, 1.165) is 24.0 Å². The Labute approximate surface area is 143 Å². The molecular formula is C18H17N3O2S. The van der Waals surface area contributed by atoms with Crippen LogP contribution in [0.3, 0.4) is 0 Å². The van der Waals surface area contributed by atoms with Crippen LogP contribution in [0.15, 0.2) is 41.5 Å². The number of hydrogen-bond donors (Lipinski definition) is 1. The molecule has 6 heteroatoms. The number of aryl methyl sites for hydroxylation is 1. The van der Waals surface area contributed by atoms with E-state index in [2.05, 4.69) is 10.3 Å². The third-order valence-corrected chi connectivity index (χ3v) is 5.43. The number of aromatic nitrogens is 2. The van der Waals surface area contributed by atoms with Crippen LogP contribution in [0.25, 0.3) is 10.2 Å². The van der Waals surface area contributed by atoms with Crippen LogP contribution in [-0.2, 0) is 6.54 Å². The molecule has 1 N–H and O–H groups in total. The number of nitrogens with zero attached hydrogens (tertiary/aromatic N) is 2. The monoisotopic (exact) mass is 339 g/mol. The lowest BCUT2D eigenvalue weighted by Gasteiger charge is -2.05. The van der Waals surface area contributed by atoms with Crippen molar-refractivity contribution in [3.63, 3.8) is 0 Å². The Bertz CT molecular complexity index is 971. The second-order valence-corrected chi connectivity index (χ2v) is 7.15. The molecular weight excluding hydrogens is 322 g/mol. The Morgan fingerprint density at radius 3 is 2.79 bits per heavy atom. The summed E-state index contributed by atoms with van der Waals surface area (Å²) in [6.45, 7) is 2.30. The number of nitrogens with one attached hydrogen (secondary N) is 1. The van der Waals surface area contributed by atoms with Gasteiger partial charge in [-0.05, 0) is 30.9 Å². The molecule has 3 aromatic rings. The van der Waals surface area contributed by atoms with Gasteiger partial charge in [-0.3, -0.25) is 14.2 Å². The predicted octanol–water partition coefficient (Wildman–Crippen LogP) is 2.71. The molecule has 0 unspecified atom stereocenters. The zero-order chi connectivity index (χ0) is 16.7. The third kappa shape index (κ3) is 2.73. The first-order valence-electron chi connectivity index (χ1n) is 7.97. The zero-order valence-electron chi connectivity index (χ0n) is 13.3. The third-order valence-electron chi connectivity index (χ3n) is 4.23. The molecule has 2 aromatic heterocycles. The molecule has 0 radical (unpaired) electrons. The Morgan fingerprint density at radius 1 is 1.33 bits per heavy atom. The number of benzene rings is 1. The lowest BCUT2D eigenvalue weighted by atomic mass is 10.2. The van der Waals surface area contributed by atoms with Crippen LogP contribution in [0.2, 0.25) is 0 Å². The molecule has 1 saturated carbocycles. The summed E-state index contributed by atoms with van der Waals surface area (Å²) in [5.74, 6) is -0.0907. The molecule has 0 bridgehead atoms. The van der Waals surface area contributed by atoms with Crippen LogP contribution < -0.4 is 10.9 Å². The lowest BCUT2D eigenvalue weighted by Crippen LogP contribution is -2.25. The summed E-state index contributed by atoms with van der Waals surface area (Å²) in [6.07, 6.45) is 3.64. The Balaban J connectivity index is 1.74. The summed E-state index contributed by atoms with van der Waals surface area (Å²) in [5, 5.41) is 3.54. The maximum absolute atomic E-state index is 12.8. The SMILES string of the molecule is Cc1c(C(=O)NC2CC2)sc2ncn(Cc3ccccc3)c(=O)c12. The normalized spacial score (nSPS) is 14.0. The lowest BCUT2D eigenvalue weighted by molar-refractivity contribution is 0.0954. The highest BCUT2D eigenvalue weighted by Gasteiger charge is 2.26. The minimum absolute atomic E-state index is 0.0907. The van der Waals surface area contributed by atoms with Crippen molar-refractivity contribution >= 4 is 27.5 Å². The van der Waals surface area contributed by atoms with Gasteiger partial charge in [-0.2, -0.15) is 0 Å². The van der Waals surface area contributed by atoms with E-state index in [1.807, 2.05) is 37.3 Å². The summed E-state index contributed by atoms with van der Waals surface area (Å²) in [6, 6.07) is 10.1. The van der Waals surface area contributed by atoms with Crippen molar-refractivity contribution in [2.75, 3.05) is 0 Å². The van der Waals surface area contributed by atoms with Crippen molar-refractivity contribution in [2.45, 2.75) is 32.4 Å². The molecule has 122 valence electrons. The minimum Gasteiger partial charge on any atom is -0.349 e. The van der Waals surface area contributed by atoms with E-state index in [-0.39, 0.29) is 11.5 Å². The number of amides is 1.